The lowest BCUT2D eigenvalue weighted by Crippen LogP contribution is -2.35. The SMILES string of the molecule is O=c1[nH]c2nc(-c3ccc(O)c(O)c3)[nH]c2c(=O)n1Cc1ccccc1. The van der Waals surface area contributed by atoms with Crippen molar-refractivity contribution in [3.05, 3.63) is 74.9 Å². The average molecular weight is 350 g/mol. The summed E-state index contributed by atoms with van der Waals surface area (Å²) in [5, 5.41) is 19.0. The van der Waals surface area contributed by atoms with Gasteiger partial charge in [0, 0.05) is 5.56 Å². The smallest absolute Gasteiger partial charge is 0.330 e. The molecule has 0 amide bonds. The van der Waals surface area contributed by atoms with Crippen molar-refractivity contribution in [1.82, 2.24) is 19.5 Å². The van der Waals surface area contributed by atoms with Gasteiger partial charge in [0.05, 0.1) is 6.54 Å². The third kappa shape index (κ3) is 2.63. The Morgan fingerprint density at radius 2 is 1.73 bits per heavy atom. The number of phenols is 2. The fourth-order valence-corrected chi connectivity index (χ4v) is 2.73. The molecule has 0 unspecified atom stereocenters. The Morgan fingerprint density at radius 3 is 2.46 bits per heavy atom. The number of aromatic hydroxyl groups is 2. The average Bonchev–Trinajstić information content (AvgIpc) is 3.06. The molecule has 0 atom stereocenters. The summed E-state index contributed by atoms with van der Waals surface area (Å²) in [4.78, 5) is 34.7. The second-order valence-electron chi connectivity index (χ2n) is 5.82. The zero-order chi connectivity index (χ0) is 18.3. The first-order valence-electron chi connectivity index (χ1n) is 7.82. The van der Waals surface area contributed by atoms with Gasteiger partial charge in [-0.2, -0.15) is 0 Å². The van der Waals surface area contributed by atoms with Crippen LogP contribution >= 0.6 is 0 Å². The topological polar surface area (TPSA) is 124 Å². The van der Waals surface area contributed by atoms with E-state index in [-0.39, 0.29) is 29.2 Å². The van der Waals surface area contributed by atoms with Crippen molar-refractivity contribution in [2.45, 2.75) is 6.54 Å². The van der Waals surface area contributed by atoms with Gasteiger partial charge in [0.1, 0.15) is 11.3 Å². The molecular formula is C18H14N4O4. The molecule has 0 spiro atoms. The van der Waals surface area contributed by atoms with Crippen LogP contribution in [0.5, 0.6) is 11.5 Å². The van der Waals surface area contributed by atoms with Gasteiger partial charge in [0.2, 0.25) is 0 Å². The van der Waals surface area contributed by atoms with E-state index in [1.165, 1.54) is 18.2 Å². The monoisotopic (exact) mass is 350 g/mol. The number of nitrogens with zero attached hydrogens (tertiary/aromatic N) is 2. The van der Waals surface area contributed by atoms with E-state index < -0.39 is 11.2 Å². The molecule has 2 heterocycles. The molecule has 0 saturated carbocycles. The lowest BCUT2D eigenvalue weighted by molar-refractivity contribution is 0.404. The molecule has 4 aromatic rings. The normalized spacial score (nSPS) is 11.1. The van der Waals surface area contributed by atoms with Crippen molar-refractivity contribution in [3.8, 4) is 22.9 Å². The van der Waals surface area contributed by atoms with E-state index in [0.717, 1.165) is 10.1 Å². The van der Waals surface area contributed by atoms with E-state index in [1.807, 2.05) is 30.3 Å². The number of hydrogen-bond donors (Lipinski definition) is 4. The number of fused-ring (bicyclic) bond motifs is 1. The zero-order valence-electron chi connectivity index (χ0n) is 13.4. The summed E-state index contributed by atoms with van der Waals surface area (Å²) in [6.07, 6.45) is 0. The van der Waals surface area contributed by atoms with E-state index in [0.29, 0.717) is 11.4 Å². The Hall–Kier alpha value is -3.81. The summed E-state index contributed by atoms with van der Waals surface area (Å²) in [5.74, 6) is -0.276. The maximum atomic E-state index is 12.7. The number of benzene rings is 2. The highest BCUT2D eigenvalue weighted by molar-refractivity contribution is 5.75. The van der Waals surface area contributed by atoms with Crippen molar-refractivity contribution >= 4 is 11.2 Å². The van der Waals surface area contributed by atoms with Crippen LogP contribution in [-0.2, 0) is 6.54 Å². The fraction of sp³-hybridized carbons (Fsp3) is 0.0556. The minimum absolute atomic E-state index is 0.131. The van der Waals surface area contributed by atoms with E-state index in [2.05, 4.69) is 15.0 Å². The van der Waals surface area contributed by atoms with Crippen LogP contribution < -0.4 is 11.2 Å². The molecule has 8 nitrogen and oxygen atoms in total. The first kappa shape index (κ1) is 15.7. The molecule has 2 aromatic heterocycles. The molecule has 4 N–H and O–H groups in total. The van der Waals surface area contributed by atoms with Gasteiger partial charge in [0.25, 0.3) is 5.56 Å². The molecule has 26 heavy (non-hydrogen) atoms. The first-order valence-corrected chi connectivity index (χ1v) is 7.82. The molecule has 0 radical (unpaired) electrons. The Labute approximate surface area is 146 Å². The minimum atomic E-state index is -0.557. The minimum Gasteiger partial charge on any atom is -0.504 e. The molecule has 0 bridgehead atoms. The molecule has 0 saturated heterocycles. The van der Waals surface area contributed by atoms with Crippen LogP contribution in [0, 0.1) is 0 Å². The van der Waals surface area contributed by atoms with Gasteiger partial charge < -0.3 is 15.2 Å². The number of phenolic OH excluding ortho intramolecular Hbond substituents is 2. The van der Waals surface area contributed by atoms with Crippen molar-refractivity contribution in [2.75, 3.05) is 0 Å². The van der Waals surface area contributed by atoms with Crippen LogP contribution in [0.25, 0.3) is 22.6 Å². The van der Waals surface area contributed by atoms with Gasteiger partial charge in [0.15, 0.2) is 17.1 Å². The Bertz CT molecular complexity index is 1220. The van der Waals surface area contributed by atoms with Crippen LogP contribution in [0.15, 0.2) is 58.1 Å². The Kier molecular flexibility index (Phi) is 3.58. The van der Waals surface area contributed by atoms with Gasteiger partial charge in [-0.1, -0.05) is 30.3 Å². The number of hydrogen-bond acceptors (Lipinski definition) is 5. The van der Waals surface area contributed by atoms with Gasteiger partial charge >= 0.3 is 5.69 Å². The predicted molar refractivity (Wildman–Crippen MR) is 95.3 cm³/mol. The van der Waals surface area contributed by atoms with Crippen molar-refractivity contribution in [1.29, 1.82) is 0 Å². The van der Waals surface area contributed by atoms with Crippen molar-refractivity contribution < 1.29 is 10.2 Å². The molecule has 130 valence electrons. The predicted octanol–water partition coefficient (Wildman–Crippen LogP) is 1.54. The van der Waals surface area contributed by atoms with Crippen molar-refractivity contribution in [3.63, 3.8) is 0 Å². The third-order valence-electron chi connectivity index (χ3n) is 4.07. The molecular weight excluding hydrogens is 336 g/mol. The number of aromatic amines is 2. The summed E-state index contributed by atoms with van der Waals surface area (Å²) in [6, 6.07) is 13.3. The number of imidazole rings is 1. The highest BCUT2D eigenvalue weighted by Gasteiger charge is 2.14. The molecule has 0 fully saturated rings. The van der Waals surface area contributed by atoms with Gasteiger partial charge in [-0.3, -0.25) is 14.3 Å². The van der Waals surface area contributed by atoms with E-state index >= 15 is 0 Å². The standard InChI is InChI=1S/C18H14N4O4/c23-12-7-6-11(8-13(12)24)15-19-14-16(20-15)21-18(26)22(17(14)25)9-10-4-2-1-3-5-10/h1-8,23-24H,9H2,(H,19,20)(H,21,26). The van der Waals surface area contributed by atoms with E-state index in [9.17, 15) is 19.8 Å². The highest BCUT2D eigenvalue weighted by Crippen LogP contribution is 2.29. The zero-order valence-corrected chi connectivity index (χ0v) is 13.4. The summed E-state index contributed by atoms with van der Waals surface area (Å²) in [6.45, 7) is 0.138. The van der Waals surface area contributed by atoms with Crippen LogP contribution in [0.4, 0.5) is 0 Å². The lowest BCUT2D eigenvalue weighted by atomic mass is 10.2. The maximum Gasteiger partial charge on any atom is 0.330 e. The number of nitrogens with one attached hydrogen (secondary N) is 2. The highest BCUT2D eigenvalue weighted by atomic mass is 16.3. The third-order valence-corrected chi connectivity index (χ3v) is 4.07. The van der Waals surface area contributed by atoms with E-state index in [1.54, 1.807) is 0 Å². The lowest BCUT2D eigenvalue weighted by Gasteiger charge is -2.04. The quantitative estimate of drug-likeness (QED) is 0.417. The Morgan fingerprint density at radius 1 is 0.962 bits per heavy atom. The number of rotatable bonds is 3. The summed E-state index contributed by atoms with van der Waals surface area (Å²) >= 11 is 0. The second kappa shape index (κ2) is 5.92. The second-order valence-corrected chi connectivity index (χ2v) is 5.82. The van der Waals surface area contributed by atoms with E-state index in [4.69, 9.17) is 0 Å². The van der Waals surface area contributed by atoms with Crippen LogP contribution in [0.3, 0.4) is 0 Å². The fourth-order valence-electron chi connectivity index (χ4n) is 2.73. The molecule has 0 aliphatic carbocycles. The molecule has 4 rings (SSSR count). The molecule has 0 aliphatic rings. The summed E-state index contributed by atoms with van der Waals surface area (Å²) < 4.78 is 1.09. The van der Waals surface area contributed by atoms with Crippen LogP contribution in [0.1, 0.15) is 5.56 Å². The number of H-pyrrole nitrogens is 2. The molecule has 2 aromatic carbocycles. The first-order chi connectivity index (χ1) is 12.5. The molecule has 8 heteroatoms. The summed E-state index contributed by atoms with van der Waals surface area (Å²) in [7, 11) is 0. The Balaban J connectivity index is 1.84. The number of aromatic nitrogens is 4. The van der Waals surface area contributed by atoms with Gasteiger partial charge in [-0.25, -0.2) is 9.78 Å². The van der Waals surface area contributed by atoms with Crippen LogP contribution in [0.2, 0.25) is 0 Å². The van der Waals surface area contributed by atoms with Crippen LogP contribution in [-0.4, -0.2) is 29.7 Å². The van der Waals surface area contributed by atoms with Gasteiger partial charge in [-0.05, 0) is 23.8 Å². The summed E-state index contributed by atoms with van der Waals surface area (Å²) in [5.41, 5.74) is 0.524. The largest absolute Gasteiger partial charge is 0.504 e. The molecule has 0 aliphatic heterocycles. The van der Waals surface area contributed by atoms with Gasteiger partial charge in [-0.15, -0.1) is 0 Å². The maximum absolute atomic E-state index is 12.7. The van der Waals surface area contributed by atoms with Crippen molar-refractivity contribution in [2.24, 2.45) is 0 Å².